The number of benzene rings is 1. The van der Waals surface area contributed by atoms with E-state index < -0.39 is 0 Å². The lowest BCUT2D eigenvalue weighted by molar-refractivity contribution is 0.0963. The van der Waals surface area contributed by atoms with Crippen LogP contribution in [-0.4, -0.2) is 29.5 Å². The van der Waals surface area contributed by atoms with E-state index in [0.29, 0.717) is 34.8 Å². The van der Waals surface area contributed by atoms with Crippen LogP contribution < -0.4 is 16.0 Å². The molecule has 27 heavy (non-hydrogen) atoms. The average Bonchev–Trinajstić information content (AvgIpc) is 2.72. The topological polar surface area (TPSA) is 78.9 Å². The van der Waals surface area contributed by atoms with Gasteiger partial charge in [-0.1, -0.05) is 43.0 Å². The van der Waals surface area contributed by atoms with Gasteiger partial charge in [0, 0.05) is 31.4 Å². The average molecular weight is 388 g/mol. The number of rotatable bonds is 7. The van der Waals surface area contributed by atoms with Gasteiger partial charge in [-0.05, 0) is 36.5 Å². The van der Waals surface area contributed by atoms with Gasteiger partial charge in [-0.25, -0.2) is 4.98 Å². The smallest absolute Gasteiger partial charge is 0.256 e. The second-order valence-corrected chi connectivity index (χ2v) is 7.34. The fraction of sp³-hybridized carbons (Fsp3) is 0.450. The first-order chi connectivity index (χ1) is 13.2. The molecule has 1 aliphatic carbocycles. The highest BCUT2D eigenvalue weighted by atomic mass is 35.5. The summed E-state index contributed by atoms with van der Waals surface area (Å²) in [6.45, 7) is 1.41. The molecule has 0 saturated heterocycles. The van der Waals surface area contributed by atoms with Gasteiger partial charge in [-0.3, -0.25) is 4.79 Å². The zero-order chi connectivity index (χ0) is 19.1. The first kappa shape index (κ1) is 19.4. The third kappa shape index (κ3) is 5.57. The zero-order valence-corrected chi connectivity index (χ0v) is 16.4. The molecular weight excluding hydrogens is 362 g/mol. The van der Waals surface area contributed by atoms with Crippen LogP contribution in [0.3, 0.4) is 0 Å². The van der Waals surface area contributed by atoms with Gasteiger partial charge in [0.1, 0.15) is 11.4 Å². The Hall–Kier alpha value is -2.34. The molecule has 3 rings (SSSR count). The molecule has 2 aromatic rings. The Bertz CT molecular complexity index is 759. The normalized spacial score (nSPS) is 14.6. The molecule has 0 aliphatic heterocycles. The number of nitrogens with zero attached hydrogens (tertiary/aromatic N) is 2. The van der Waals surface area contributed by atoms with Crippen molar-refractivity contribution >= 4 is 29.3 Å². The molecule has 1 saturated carbocycles. The molecule has 0 radical (unpaired) electrons. The summed E-state index contributed by atoms with van der Waals surface area (Å²) in [7, 11) is 1.61. The Balaban J connectivity index is 1.69. The lowest BCUT2D eigenvalue weighted by Gasteiger charge is -2.22. The van der Waals surface area contributed by atoms with Crippen LogP contribution in [0.15, 0.2) is 30.5 Å². The Morgan fingerprint density at radius 1 is 1.15 bits per heavy atom. The van der Waals surface area contributed by atoms with E-state index in [1.165, 1.54) is 32.1 Å². The van der Waals surface area contributed by atoms with E-state index in [1.807, 2.05) is 24.3 Å². The standard InChI is InChI=1S/C20H26ClN5O/c1-22-19(27)17-13-25-20(24-12-15-7-9-16(21)10-8-15)26-18(17)23-11-14-5-3-2-4-6-14/h7-10,13-14H,2-6,11-12H2,1H3,(H,22,27)(H2,23,24,25,26). The van der Waals surface area contributed by atoms with E-state index in [0.717, 1.165) is 12.1 Å². The predicted molar refractivity (Wildman–Crippen MR) is 109 cm³/mol. The van der Waals surface area contributed by atoms with Crippen molar-refractivity contribution in [2.45, 2.75) is 38.6 Å². The number of halogens is 1. The molecule has 1 heterocycles. The lowest BCUT2D eigenvalue weighted by Crippen LogP contribution is -2.24. The summed E-state index contributed by atoms with van der Waals surface area (Å²) >= 11 is 5.92. The Labute approximate surface area is 165 Å². The molecule has 1 fully saturated rings. The first-order valence-electron chi connectivity index (χ1n) is 9.47. The van der Waals surface area contributed by atoms with E-state index in [4.69, 9.17) is 11.6 Å². The second-order valence-electron chi connectivity index (χ2n) is 6.90. The van der Waals surface area contributed by atoms with Crippen LogP contribution in [0.25, 0.3) is 0 Å². The van der Waals surface area contributed by atoms with Crippen LogP contribution in [0, 0.1) is 5.92 Å². The maximum atomic E-state index is 12.1. The summed E-state index contributed by atoms with van der Waals surface area (Å²) in [4.78, 5) is 21.0. The van der Waals surface area contributed by atoms with Crippen LogP contribution in [0.2, 0.25) is 5.02 Å². The third-order valence-electron chi connectivity index (χ3n) is 4.91. The molecule has 1 aromatic heterocycles. The van der Waals surface area contributed by atoms with E-state index in [-0.39, 0.29) is 5.91 Å². The molecule has 7 heteroatoms. The van der Waals surface area contributed by atoms with Gasteiger partial charge < -0.3 is 16.0 Å². The van der Waals surface area contributed by atoms with Crippen molar-refractivity contribution in [3.05, 3.63) is 46.6 Å². The minimum atomic E-state index is -0.189. The highest BCUT2D eigenvalue weighted by molar-refractivity contribution is 6.30. The highest BCUT2D eigenvalue weighted by Crippen LogP contribution is 2.24. The van der Waals surface area contributed by atoms with E-state index in [9.17, 15) is 4.79 Å². The Morgan fingerprint density at radius 3 is 2.59 bits per heavy atom. The first-order valence-corrected chi connectivity index (χ1v) is 9.85. The molecular formula is C20H26ClN5O. The van der Waals surface area contributed by atoms with Crippen molar-refractivity contribution in [1.82, 2.24) is 15.3 Å². The Morgan fingerprint density at radius 2 is 1.89 bits per heavy atom. The minimum absolute atomic E-state index is 0.189. The fourth-order valence-corrected chi connectivity index (χ4v) is 3.44. The van der Waals surface area contributed by atoms with Crippen molar-refractivity contribution in [2.75, 3.05) is 24.2 Å². The number of hydrogen-bond donors (Lipinski definition) is 3. The molecule has 0 spiro atoms. The molecule has 0 unspecified atom stereocenters. The zero-order valence-electron chi connectivity index (χ0n) is 15.6. The number of hydrogen-bond acceptors (Lipinski definition) is 5. The summed E-state index contributed by atoms with van der Waals surface area (Å²) in [6, 6.07) is 7.61. The molecule has 6 nitrogen and oxygen atoms in total. The fourth-order valence-electron chi connectivity index (χ4n) is 3.32. The van der Waals surface area contributed by atoms with Crippen molar-refractivity contribution in [3.63, 3.8) is 0 Å². The van der Waals surface area contributed by atoms with E-state index in [2.05, 4.69) is 25.9 Å². The second kappa shape index (κ2) is 9.55. The summed E-state index contributed by atoms with van der Waals surface area (Å²) in [5.74, 6) is 1.51. The molecule has 1 amide bonds. The van der Waals surface area contributed by atoms with Gasteiger partial charge in [0.05, 0.1) is 0 Å². The van der Waals surface area contributed by atoms with Crippen molar-refractivity contribution in [1.29, 1.82) is 0 Å². The van der Waals surface area contributed by atoms with Crippen LogP contribution in [0.1, 0.15) is 48.0 Å². The quantitative estimate of drug-likeness (QED) is 0.666. The van der Waals surface area contributed by atoms with Crippen LogP contribution in [0.5, 0.6) is 0 Å². The molecule has 0 bridgehead atoms. The van der Waals surface area contributed by atoms with E-state index in [1.54, 1.807) is 13.2 Å². The number of carbonyl (C=O) groups is 1. The van der Waals surface area contributed by atoms with E-state index >= 15 is 0 Å². The number of carbonyl (C=O) groups excluding carboxylic acids is 1. The molecule has 144 valence electrons. The van der Waals surface area contributed by atoms with Gasteiger partial charge in [0.25, 0.3) is 5.91 Å². The molecule has 0 atom stereocenters. The van der Waals surface area contributed by atoms with Crippen molar-refractivity contribution in [2.24, 2.45) is 5.92 Å². The monoisotopic (exact) mass is 387 g/mol. The number of anilines is 2. The van der Waals surface area contributed by atoms with Crippen molar-refractivity contribution < 1.29 is 4.79 Å². The Kier molecular flexibility index (Phi) is 6.87. The highest BCUT2D eigenvalue weighted by Gasteiger charge is 2.17. The number of nitrogens with one attached hydrogen (secondary N) is 3. The lowest BCUT2D eigenvalue weighted by atomic mass is 9.89. The number of amides is 1. The van der Waals surface area contributed by atoms with Gasteiger partial charge in [-0.2, -0.15) is 4.98 Å². The minimum Gasteiger partial charge on any atom is -0.369 e. The summed E-state index contributed by atoms with van der Waals surface area (Å²) in [5.41, 5.74) is 1.54. The van der Waals surface area contributed by atoms with Gasteiger partial charge in [0.2, 0.25) is 5.95 Å². The van der Waals surface area contributed by atoms with Gasteiger partial charge in [0.15, 0.2) is 0 Å². The maximum absolute atomic E-state index is 12.1. The largest absolute Gasteiger partial charge is 0.369 e. The van der Waals surface area contributed by atoms with Crippen LogP contribution in [-0.2, 0) is 6.54 Å². The predicted octanol–water partition coefficient (Wildman–Crippen LogP) is 4.09. The van der Waals surface area contributed by atoms with Crippen LogP contribution >= 0.6 is 11.6 Å². The number of aromatic nitrogens is 2. The third-order valence-corrected chi connectivity index (χ3v) is 5.16. The summed E-state index contributed by atoms with van der Waals surface area (Å²) in [5, 5.41) is 9.94. The maximum Gasteiger partial charge on any atom is 0.256 e. The van der Waals surface area contributed by atoms with Gasteiger partial charge in [-0.15, -0.1) is 0 Å². The molecule has 1 aliphatic rings. The van der Waals surface area contributed by atoms with Crippen LogP contribution in [0.4, 0.5) is 11.8 Å². The van der Waals surface area contributed by atoms with Gasteiger partial charge >= 0.3 is 0 Å². The molecule has 3 N–H and O–H groups in total. The molecule has 1 aromatic carbocycles. The summed E-state index contributed by atoms with van der Waals surface area (Å²) < 4.78 is 0. The summed E-state index contributed by atoms with van der Waals surface area (Å²) in [6.07, 6.45) is 7.92. The SMILES string of the molecule is CNC(=O)c1cnc(NCc2ccc(Cl)cc2)nc1NCC1CCCCC1. The van der Waals surface area contributed by atoms with Crippen molar-refractivity contribution in [3.8, 4) is 0 Å².